The summed E-state index contributed by atoms with van der Waals surface area (Å²) in [7, 11) is 0. The second-order valence-corrected chi connectivity index (χ2v) is 11.3. The van der Waals surface area contributed by atoms with Gasteiger partial charge in [-0.3, -0.25) is 9.69 Å². The number of carbonyl (C=O) groups is 1. The summed E-state index contributed by atoms with van der Waals surface area (Å²) < 4.78 is 5.42. The van der Waals surface area contributed by atoms with Crippen LogP contribution in [0.1, 0.15) is 18.9 Å². The minimum absolute atomic E-state index is 0.205. The molecular weight excluding hydrogens is 532 g/mol. The normalized spacial score (nSPS) is 19.8. The van der Waals surface area contributed by atoms with Crippen molar-refractivity contribution in [3.05, 3.63) is 58.2 Å². The predicted octanol–water partition coefficient (Wildman–Crippen LogP) is 4.78. The first kappa shape index (κ1) is 26.3. The monoisotopic (exact) mass is 562 g/mol. The maximum atomic E-state index is 12.7. The molecule has 0 unspecified atom stereocenters. The van der Waals surface area contributed by atoms with Crippen LogP contribution in [0.15, 0.2) is 52.6 Å². The third kappa shape index (κ3) is 5.68. The molecule has 0 aliphatic carbocycles. The molecule has 3 aliphatic rings. The van der Waals surface area contributed by atoms with Crippen molar-refractivity contribution in [3.8, 4) is 11.3 Å². The highest BCUT2D eigenvalue weighted by molar-refractivity contribution is 8.18. The number of piperazine rings is 1. The van der Waals surface area contributed by atoms with Crippen molar-refractivity contribution >= 4 is 57.1 Å². The first-order chi connectivity index (χ1) is 19.1. The summed E-state index contributed by atoms with van der Waals surface area (Å²) in [5.74, 6) is -0.205. The van der Waals surface area contributed by atoms with Gasteiger partial charge in [0.1, 0.15) is 6.33 Å². The lowest BCUT2D eigenvalue weighted by atomic mass is 10.0. The largest absolute Gasteiger partial charge is 0.378 e. The molecule has 1 aromatic heterocycles. The van der Waals surface area contributed by atoms with Crippen LogP contribution in [0.4, 0.5) is 5.69 Å². The number of amides is 1. The Morgan fingerprint density at radius 3 is 2.59 bits per heavy atom. The van der Waals surface area contributed by atoms with E-state index in [-0.39, 0.29) is 5.91 Å². The number of halogens is 1. The number of hydrogen-bond acceptors (Lipinski definition) is 8. The van der Waals surface area contributed by atoms with Crippen LogP contribution in [0, 0.1) is 0 Å². The topological polar surface area (TPSA) is 74.2 Å². The first-order valence-electron chi connectivity index (χ1n) is 13.5. The van der Waals surface area contributed by atoms with E-state index in [1.54, 1.807) is 6.33 Å². The van der Waals surface area contributed by atoms with E-state index in [4.69, 9.17) is 16.3 Å². The Kier molecular flexibility index (Phi) is 7.83. The van der Waals surface area contributed by atoms with Crippen molar-refractivity contribution in [1.82, 2.24) is 19.8 Å². The summed E-state index contributed by atoms with van der Waals surface area (Å²) in [5.41, 5.74) is 4.56. The van der Waals surface area contributed by atoms with Crippen molar-refractivity contribution in [2.24, 2.45) is 4.99 Å². The molecule has 6 rings (SSSR count). The molecular formula is C29H31ClN6O2S. The fourth-order valence-electron chi connectivity index (χ4n) is 5.27. The summed E-state index contributed by atoms with van der Waals surface area (Å²) in [6.07, 6.45) is 4.66. The van der Waals surface area contributed by atoms with Gasteiger partial charge >= 0.3 is 0 Å². The molecule has 3 aliphatic heterocycles. The molecule has 1 amide bonds. The average molecular weight is 563 g/mol. The van der Waals surface area contributed by atoms with E-state index in [2.05, 4.69) is 48.7 Å². The third-order valence-corrected chi connectivity index (χ3v) is 8.67. The van der Waals surface area contributed by atoms with Crippen molar-refractivity contribution in [2.45, 2.75) is 13.3 Å². The SMILES string of the molecule is CCCN1CCN(c2ccc(-c3ncnc4ccc(C=C5SC(N6CCOCC6)=NC5=O)cc34)cc2Cl)CC1. The number of amidine groups is 1. The Bertz CT molecular complexity index is 1450. The van der Waals surface area contributed by atoms with Gasteiger partial charge in [0, 0.05) is 50.2 Å². The summed E-state index contributed by atoms with van der Waals surface area (Å²) in [6, 6.07) is 12.2. The molecule has 0 N–H and O–H groups in total. The van der Waals surface area contributed by atoms with Gasteiger partial charge in [-0.2, -0.15) is 4.99 Å². The molecule has 2 saturated heterocycles. The second-order valence-electron chi connectivity index (χ2n) is 9.90. The van der Waals surface area contributed by atoms with Crippen LogP contribution in [0.3, 0.4) is 0 Å². The standard InChI is InChI=1S/C29H31ClN6O2S/c1-2-7-34-8-10-35(11-9-34)25-6-4-21(18-23(25)30)27-22-16-20(3-5-24(22)31-19-32-27)17-26-28(37)33-29(39-26)36-12-14-38-15-13-36/h3-6,16-19H,2,7-15H2,1H3. The van der Waals surface area contributed by atoms with Crippen LogP contribution in [-0.4, -0.2) is 89.9 Å². The van der Waals surface area contributed by atoms with Crippen LogP contribution in [0.25, 0.3) is 28.2 Å². The van der Waals surface area contributed by atoms with E-state index in [9.17, 15) is 4.79 Å². The molecule has 0 atom stereocenters. The Balaban J connectivity index is 1.24. The van der Waals surface area contributed by atoms with E-state index < -0.39 is 0 Å². The Morgan fingerprint density at radius 2 is 1.82 bits per heavy atom. The molecule has 2 aromatic carbocycles. The number of thioether (sulfide) groups is 1. The number of morpholine rings is 1. The Labute approximate surface area is 237 Å². The average Bonchev–Trinajstić information content (AvgIpc) is 3.33. The van der Waals surface area contributed by atoms with Gasteiger partial charge in [0.25, 0.3) is 5.91 Å². The fraction of sp³-hybridized carbons (Fsp3) is 0.379. The maximum absolute atomic E-state index is 12.7. The molecule has 3 aromatic rings. The number of hydrogen-bond donors (Lipinski definition) is 0. The zero-order valence-corrected chi connectivity index (χ0v) is 23.5. The quantitative estimate of drug-likeness (QED) is 0.411. The smallest absolute Gasteiger partial charge is 0.286 e. The molecule has 202 valence electrons. The number of nitrogens with zero attached hydrogens (tertiary/aromatic N) is 6. The van der Waals surface area contributed by atoms with Gasteiger partial charge in [-0.05, 0) is 60.6 Å². The molecule has 4 heterocycles. The van der Waals surface area contributed by atoms with Gasteiger partial charge < -0.3 is 14.5 Å². The Hall–Kier alpha value is -2.98. The van der Waals surface area contributed by atoms with Gasteiger partial charge in [-0.15, -0.1) is 0 Å². The third-order valence-electron chi connectivity index (χ3n) is 7.32. The van der Waals surface area contributed by atoms with Crippen molar-refractivity contribution in [2.75, 3.05) is 63.9 Å². The van der Waals surface area contributed by atoms with E-state index in [0.717, 1.165) is 89.4 Å². The number of anilines is 1. The van der Waals surface area contributed by atoms with Crippen LogP contribution in [0.5, 0.6) is 0 Å². The molecule has 2 fully saturated rings. The van der Waals surface area contributed by atoms with E-state index in [0.29, 0.717) is 18.1 Å². The van der Waals surface area contributed by atoms with Crippen LogP contribution >= 0.6 is 23.4 Å². The molecule has 0 bridgehead atoms. The minimum Gasteiger partial charge on any atom is -0.378 e. The van der Waals surface area contributed by atoms with E-state index in [1.165, 1.54) is 18.2 Å². The second kappa shape index (κ2) is 11.6. The maximum Gasteiger partial charge on any atom is 0.286 e. The minimum atomic E-state index is -0.205. The van der Waals surface area contributed by atoms with E-state index in [1.807, 2.05) is 30.3 Å². The zero-order valence-electron chi connectivity index (χ0n) is 22.0. The molecule has 39 heavy (non-hydrogen) atoms. The van der Waals surface area contributed by atoms with Crippen molar-refractivity contribution in [1.29, 1.82) is 0 Å². The lowest BCUT2D eigenvalue weighted by molar-refractivity contribution is -0.113. The lowest BCUT2D eigenvalue weighted by Crippen LogP contribution is -2.46. The molecule has 0 saturated carbocycles. The number of ether oxygens (including phenoxy) is 1. The van der Waals surface area contributed by atoms with Gasteiger partial charge in [0.15, 0.2) is 5.17 Å². The summed E-state index contributed by atoms with van der Waals surface area (Å²) in [5, 5.41) is 2.39. The number of benzene rings is 2. The van der Waals surface area contributed by atoms with Gasteiger partial charge in [0.05, 0.1) is 40.0 Å². The van der Waals surface area contributed by atoms with Crippen LogP contribution < -0.4 is 4.90 Å². The predicted molar refractivity (Wildman–Crippen MR) is 159 cm³/mol. The molecule has 0 radical (unpaired) electrons. The lowest BCUT2D eigenvalue weighted by Gasteiger charge is -2.36. The van der Waals surface area contributed by atoms with Gasteiger partial charge in [-0.1, -0.05) is 30.7 Å². The van der Waals surface area contributed by atoms with Crippen LogP contribution in [-0.2, 0) is 9.53 Å². The number of rotatable bonds is 5. The van der Waals surface area contributed by atoms with Crippen molar-refractivity contribution in [3.63, 3.8) is 0 Å². The Morgan fingerprint density at radius 1 is 1.00 bits per heavy atom. The summed E-state index contributed by atoms with van der Waals surface area (Å²) in [4.78, 5) is 33.6. The fourth-order valence-corrected chi connectivity index (χ4v) is 6.54. The summed E-state index contributed by atoms with van der Waals surface area (Å²) in [6.45, 7) is 10.2. The van der Waals surface area contributed by atoms with Gasteiger partial charge in [-0.25, -0.2) is 9.97 Å². The number of fused-ring (bicyclic) bond motifs is 1. The molecule has 0 spiro atoms. The number of aromatic nitrogens is 2. The van der Waals surface area contributed by atoms with Crippen LogP contribution in [0.2, 0.25) is 5.02 Å². The highest BCUT2D eigenvalue weighted by atomic mass is 35.5. The highest BCUT2D eigenvalue weighted by Gasteiger charge is 2.27. The number of carbonyl (C=O) groups excluding carboxylic acids is 1. The first-order valence-corrected chi connectivity index (χ1v) is 14.7. The molecule has 10 heteroatoms. The summed E-state index contributed by atoms with van der Waals surface area (Å²) >= 11 is 8.25. The highest BCUT2D eigenvalue weighted by Crippen LogP contribution is 2.35. The number of aliphatic imine (C=N–C) groups is 1. The van der Waals surface area contributed by atoms with E-state index >= 15 is 0 Å². The van der Waals surface area contributed by atoms with Crippen molar-refractivity contribution < 1.29 is 9.53 Å². The molecule has 8 nitrogen and oxygen atoms in total. The zero-order chi connectivity index (χ0) is 26.8. The van der Waals surface area contributed by atoms with Gasteiger partial charge in [0.2, 0.25) is 0 Å².